The number of rotatable bonds is 5. The predicted molar refractivity (Wildman–Crippen MR) is 49.1 cm³/mol. The molecule has 13 heavy (non-hydrogen) atoms. The van der Waals surface area contributed by atoms with E-state index < -0.39 is 12.0 Å². The maximum Gasteiger partial charge on any atom is 0.320 e. The van der Waals surface area contributed by atoms with E-state index in [-0.39, 0.29) is 11.4 Å². The van der Waals surface area contributed by atoms with Gasteiger partial charge in [-0.15, -0.1) is 0 Å². The Balaban J connectivity index is 0. The molecule has 7 nitrogen and oxygen atoms in total. The molecule has 0 radical (unpaired) electrons. The standard InChI is InChI=1S/C6H14N4O2.H2O/c7-4(5(11)12)2-1-3-10-6(8)9;/h4H,1-3,7H2,(H,11,12)(H4,8,9,10);1H2/t4-;/m1./s1. The Morgan fingerprint density at radius 2 is 2.00 bits per heavy atom. The molecule has 0 aromatic rings. The molecular formula is C6H16N4O3. The molecule has 0 unspecified atom stereocenters. The molecule has 0 spiro atoms. The zero-order chi connectivity index (χ0) is 9.56. The Hall–Kier alpha value is -1.34. The maximum atomic E-state index is 10.2. The summed E-state index contributed by atoms with van der Waals surface area (Å²) in [6.45, 7) is 0.420. The lowest BCUT2D eigenvalue weighted by Crippen LogP contribution is -2.30. The molecular weight excluding hydrogens is 176 g/mol. The number of aliphatic carboxylic acids is 1. The number of carboxylic acids is 1. The van der Waals surface area contributed by atoms with Crippen LogP contribution >= 0.6 is 0 Å². The van der Waals surface area contributed by atoms with Crippen LogP contribution in [0.5, 0.6) is 0 Å². The van der Waals surface area contributed by atoms with Gasteiger partial charge >= 0.3 is 5.97 Å². The van der Waals surface area contributed by atoms with E-state index in [1.54, 1.807) is 0 Å². The van der Waals surface area contributed by atoms with Crippen LogP contribution in [0.4, 0.5) is 0 Å². The van der Waals surface area contributed by atoms with Crippen LogP contribution in [0.15, 0.2) is 4.99 Å². The van der Waals surface area contributed by atoms with Crippen molar-refractivity contribution in [2.45, 2.75) is 18.9 Å². The van der Waals surface area contributed by atoms with Gasteiger partial charge in [0.05, 0.1) is 0 Å². The number of carboxylic acid groups (broad SMARTS) is 1. The van der Waals surface area contributed by atoms with Crippen molar-refractivity contribution in [3.8, 4) is 0 Å². The zero-order valence-corrected chi connectivity index (χ0v) is 7.23. The first-order valence-electron chi connectivity index (χ1n) is 3.58. The van der Waals surface area contributed by atoms with Crippen LogP contribution in [0, 0.1) is 0 Å². The number of guanidine groups is 1. The van der Waals surface area contributed by atoms with E-state index in [9.17, 15) is 4.79 Å². The second-order valence-corrected chi connectivity index (χ2v) is 2.39. The molecule has 0 saturated carbocycles. The quantitative estimate of drug-likeness (QED) is 0.217. The molecule has 7 heteroatoms. The number of nitrogens with two attached hydrogens (primary N) is 3. The maximum absolute atomic E-state index is 10.2. The highest BCUT2D eigenvalue weighted by Gasteiger charge is 2.09. The zero-order valence-electron chi connectivity index (χ0n) is 7.23. The molecule has 0 aliphatic carbocycles. The lowest BCUT2D eigenvalue weighted by molar-refractivity contribution is -0.138. The molecule has 0 aromatic heterocycles. The van der Waals surface area contributed by atoms with Crippen molar-refractivity contribution in [1.82, 2.24) is 0 Å². The fourth-order valence-corrected chi connectivity index (χ4v) is 0.643. The van der Waals surface area contributed by atoms with Gasteiger partial charge in [0.15, 0.2) is 5.96 Å². The van der Waals surface area contributed by atoms with Gasteiger partial charge in [0.2, 0.25) is 0 Å². The van der Waals surface area contributed by atoms with Crippen LogP contribution in [-0.2, 0) is 4.79 Å². The van der Waals surface area contributed by atoms with Crippen molar-refractivity contribution in [3.05, 3.63) is 0 Å². The van der Waals surface area contributed by atoms with Gasteiger partial charge in [-0.2, -0.15) is 0 Å². The van der Waals surface area contributed by atoms with Crippen molar-refractivity contribution in [2.24, 2.45) is 22.2 Å². The minimum absolute atomic E-state index is 0. The molecule has 0 fully saturated rings. The number of hydrogen-bond acceptors (Lipinski definition) is 3. The van der Waals surface area contributed by atoms with E-state index in [2.05, 4.69) is 4.99 Å². The number of nitrogens with zero attached hydrogens (tertiary/aromatic N) is 1. The fraction of sp³-hybridized carbons (Fsp3) is 0.667. The Morgan fingerprint density at radius 3 is 2.38 bits per heavy atom. The summed E-state index contributed by atoms with van der Waals surface area (Å²) in [4.78, 5) is 13.9. The van der Waals surface area contributed by atoms with Crippen LogP contribution < -0.4 is 17.2 Å². The van der Waals surface area contributed by atoms with Gasteiger partial charge in [-0.05, 0) is 12.8 Å². The summed E-state index contributed by atoms with van der Waals surface area (Å²) in [6, 6.07) is -0.820. The van der Waals surface area contributed by atoms with Gasteiger partial charge in [-0.3, -0.25) is 9.79 Å². The Labute approximate surface area is 75.9 Å². The normalized spacial score (nSPS) is 11.2. The summed E-state index contributed by atoms with van der Waals surface area (Å²) in [6.07, 6.45) is 0.956. The van der Waals surface area contributed by atoms with E-state index in [1.807, 2.05) is 0 Å². The van der Waals surface area contributed by atoms with Crippen molar-refractivity contribution in [3.63, 3.8) is 0 Å². The van der Waals surface area contributed by atoms with E-state index in [0.717, 1.165) is 0 Å². The third-order valence-electron chi connectivity index (χ3n) is 1.28. The summed E-state index contributed by atoms with van der Waals surface area (Å²) in [5.41, 5.74) is 15.3. The topological polar surface area (TPSA) is 159 Å². The van der Waals surface area contributed by atoms with Crippen LogP contribution in [0.1, 0.15) is 12.8 Å². The summed E-state index contributed by atoms with van der Waals surface area (Å²) in [5, 5.41) is 8.38. The molecule has 0 bridgehead atoms. The van der Waals surface area contributed by atoms with Gasteiger partial charge in [-0.1, -0.05) is 0 Å². The third-order valence-corrected chi connectivity index (χ3v) is 1.28. The number of aliphatic imine (C=N–C) groups is 1. The first kappa shape index (κ1) is 14.2. The molecule has 0 rings (SSSR count). The van der Waals surface area contributed by atoms with Gasteiger partial charge in [0.1, 0.15) is 6.04 Å². The Morgan fingerprint density at radius 1 is 1.46 bits per heavy atom. The molecule has 0 aliphatic rings. The first-order chi connectivity index (χ1) is 5.54. The molecule has 0 amide bonds. The van der Waals surface area contributed by atoms with Crippen molar-refractivity contribution in [2.75, 3.05) is 6.54 Å². The van der Waals surface area contributed by atoms with E-state index >= 15 is 0 Å². The number of hydrogen-bond donors (Lipinski definition) is 4. The van der Waals surface area contributed by atoms with Crippen LogP contribution in [-0.4, -0.2) is 35.1 Å². The van der Waals surface area contributed by atoms with Crippen LogP contribution in [0.3, 0.4) is 0 Å². The molecule has 0 aromatic carbocycles. The van der Waals surface area contributed by atoms with Crippen LogP contribution in [0.25, 0.3) is 0 Å². The third kappa shape index (κ3) is 8.57. The van der Waals surface area contributed by atoms with Crippen molar-refractivity contribution < 1.29 is 15.4 Å². The van der Waals surface area contributed by atoms with E-state index in [4.69, 9.17) is 22.3 Å². The molecule has 0 saturated heterocycles. The van der Waals surface area contributed by atoms with Crippen molar-refractivity contribution >= 4 is 11.9 Å². The van der Waals surface area contributed by atoms with E-state index in [0.29, 0.717) is 19.4 Å². The SMILES string of the molecule is NC(N)=NCCC[C@@H](N)C(=O)O.O. The Bertz CT molecular complexity index is 179. The minimum atomic E-state index is -1.00. The average molecular weight is 192 g/mol. The van der Waals surface area contributed by atoms with Gasteiger partial charge in [-0.25, -0.2) is 0 Å². The van der Waals surface area contributed by atoms with Gasteiger partial charge in [0, 0.05) is 6.54 Å². The van der Waals surface area contributed by atoms with Crippen LogP contribution in [0.2, 0.25) is 0 Å². The summed E-state index contributed by atoms with van der Waals surface area (Å²) >= 11 is 0. The Kier molecular flexibility index (Phi) is 7.99. The minimum Gasteiger partial charge on any atom is -0.480 e. The smallest absolute Gasteiger partial charge is 0.320 e. The molecule has 1 atom stereocenters. The highest BCUT2D eigenvalue weighted by atomic mass is 16.4. The van der Waals surface area contributed by atoms with Crippen molar-refractivity contribution in [1.29, 1.82) is 0 Å². The summed E-state index contributed by atoms with van der Waals surface area (Å²) < 4.78 is 0. The van der Waals surface area contributed by atoms with Gasteiger partial charge in [0.25, 0.3) is 0 Å². The van der Waals surface area contributed by atoms with E-state index in [1.165, 1.54) is 0 Å². The first-order valence-corrected chi connectivity index (χ1v) is 3.58. The lowest BCUT2D eigenvalue weighted by Gasteiger charge is -2.03. The monoisotopic (exact) mass is 192 g/mol. The molecule has 0 aliphatic heterocycles. The van der Waals surface area contributed by atoms with Gasteiger partial charge < -0.3 is 27.8 Å². The summed E-state index contributed by atoms with van der Waals surface area (Å²) in [7, 11) is 0. The second-order valence-electron chi connectivity index (χ2n) is 2.39. The fourth-order valence-electron chi connectivity index (χ4n) is 0.643. The molecule has 0 heterocycles. The summed E-state index contributed by atoms with van der Waals surface area (Å²) in [5.74, 6) is -0.987. The number of carbonyl (C=O) groups is 1. The molecule has 9 N–H and O–H groups in total. The second kappa shape index (κ2) is 7.32. The lowest BCUT2D eigenvalue weighted by atomic mass is 10.2. The largest absolute Gasteiger partial charge is 0.480 e. The molecule has 78 valence electrons. The average Bonchev–Trinajstić information content (AvgIpc) is 1.97. The predicted octanol–water partition coefficient (Wildman–Crippen LogP) is -2.37. The highest BCUT2D eigenvalue weighted by Crippen LogP contribution is 1.94. The highest BCUT2D eigenvalue weighted by molar-refractivity contribution is 5.75.